The highest BCUT2D eigenvalue weighted by molar-refractivity contribution is 5.54. The fourth-order valence-electron chi connectivity index (χ4n) is 2.52. The second-order valence-electron chi connectivity index (χ2n) is 6.34. The minimum atomic E-state index is 0.377. The van der Waals surface area contributed by atoms with Crippen molar-refractivity contribution in [1.82, 2.24) is 4.98 Å². The zero-order valence-electron chi connectivity index (χ0n) is 15.1. The highest BCUT2D eigenvalue weighted by atomic mass is 16.5. The Labute approximate surface area is 148 Å². The van der Waals surface area contributed by atoms with E-state index in [-0.39, 0.29) is 0 Å². The third-order valence-electron chi connectivity index (χ3n) is 4.14. The second kappa shape index (κ2) is 7.43. The molecule has 0 atom stereocenters. The van der Waals surface area contributed by atoms with Crippen molar-refractivity contribution in [3.05, 3.63) is 65.5 Å². The lowest BCUT2D eigenvalue weighted by atomic mass is 10.0. The molecule has 0 aliphatic heterocycles. The van der Waals surface area contributed by atoms with E-state index in [0.29, 0.717) is 18.4 Å². The molecule has 25 heavy (non-hydrogen) atoms. The molecule has 3 rings (SSSR count). The standard InChI is InChI=1S/C21H23NO3/c1-14(2)17-6-5-15(3)20(11-17)24-12-18-13-25-21(22-18)16-7-9-19(23-4)10-8-16/h5-11,13-14H,12H2,1-4H3. The summed E-state index contributed by atoms with van der Waals surface area (Å²) in [6.07, 6.45) is 1.64. The van der Waals surface area contributed by atoms with Crippen LogP contribution in [-0.4, -0.2) is 12.1 Å². The van der Waals surface area contributed by atoms with Gasteiger partial charge in [-0.15, -0.1) is 0 Å². The van der Waals surface area contributed by atoms with Gasteiger partial charge in [-0.1, -0.05) is 26.0 Å². The van der Waals surface area contributed by atoms with E-state index in [1.807, 2.05) is 31.2 Å². The first-order valence-corrected chi connectivity index (χ1v) is 8.39. The molecule has 0 amide bonds. The molecule has 4 nitrogen and oxygen atoms in total. The SMILES string of the molecule is COc1ccc(-c2nc(COc3cc(C(C)C)ccc3C)co2)cc1. The number of oxazole rings is 1. The molecule has 3 aromatic rings. The summed E-state index contributed by atoms with van der Waals surface area (Å²) in [7, 11) is 1.64. The van der Waals surface area contributed by atoms with Gasteiger partial charge in [0, 0.05) is 5.56 Å². The van der Waals surface area contributed by atoms with Crippen LogP contribution in [-0.2, 0) is 6.61 Å². The summed E-state index contributed by atoms with van der Waals surface area (Å²) in [5.41, 5.74) is 4.05. The molecular weight excluding hydrogens is 314 g/mol. The van der Waals surface area contributed by atoms with Gasteiger partial charge in [0.15, 0.2) is 0 Å². The summed E-state index contributed by atoms with van der Waals surface area (Å²) in [6.45, 7) is 6.77. The Morgan fingerprint density at radius 3 is 2.52 bits per heavy atom. The molecule has 130 valence electrons. The molecule has 1 aromatic heterocycles. The van der Waals surface area contributed by atoms with Crippen molar-refractivity contribution in [3.8, 4) is 23.0 Å². The largest absolute Gasteiger partial charge is 0.497 e. The number of nitrogens with zero attached hydrogens (tertiary/aromatic N) is 1. The van der Waals surface area contributed by atoms with E-state index >= 15 is 0 Å². The van der Waals surface area contributed by atoms with Crippen molar-refractivity contribution < 1.29 is 13.9 Å². The fraction of sp³-hybridized carbons (Fsp3) is 0.286. The molecule has 0 unspecified atom stereocenters. The lowest BCUT2D eigenvalue weighted by Gasteiger charge is -2.11. The van der Waals surface area contributed by atoms with E-state index in [1.165, 1.54) is 5.56 Å². The van der Waals surface area contributed by atoms with Gasteiger partial charge in [0.1, 0.15) is 30.1 Å². The molecule has 0 saturated carbocycles. The highest BCUT2D eigenvalue weighted by Gasteiger charge is 2.09. The number of hydrogen-bond acceptors (Lipinski definition) is 4. The Balaban J connectivity index is 1.70. The molecule has 0 bridgehead atoms. The number of methoxy groups -OCH3 is 1. The normalized spacial score (nSPS) is 10.9. The number of rotatable bonds is 6. The summed E-state index contributed by atoms with van der Waals surface area (Å²) < 4.78 is 16.7. The van der Waals surface area contributed by atoms with E-state index < -0.39 is 0 Å². The molecule has 0 saturated heterocycles. The maximum absolute atomic E-state index is 5.96. The predicted octanol–water partition coefficient (Wildman–Crippen LogP) is 5.36. The fourth-order valence-corrected chi connectivity index (χ4v) is 2.52. The van der Waals surface area contributed by atoms with Gasteiger partial charge in [-0.05, 0) is 54.3 Å². The van der Waals surface area contributed by atoms with Gasteiger partial charge >= 0.3 is 0 Å². The predicted molar refractivity (Wildman–Crippen MR) is 98.1 cm³/mol. The van der Waals surface area contributed by atoms with Crippen LogP contribution in [0.2, 0.25) is 0 Å². The van der Waals surface area contributed by atoms with Crippen molar-refractivity contribution >= 4 is 0 Å². The van der Waals surface area contributed by atoms with Crippen LogP contribution >= 0.6 is 0 Å². The number of ether oxygens (including phenoxy) is 2. The Hall–Kier alpha value is -2.75. The molecule has 2 aromatic carbocycles. The van der Waals surface area contributed by atoms with Crippen molar-refractivity contribution in [2.24, 2.45) is 0 Å². The van der Waals surface area contributed by atoms with Gasteiger partial charge in [0.25, 0.3) is 0 Å². The van der Waals surface area contributed by atoms with Crippen LogP contribution < -0.4 is 9.47 Å². The molecule has 0 aliphatic rings. The molecular formula is C21H23NO3. The van der Waals surface area contributed by atoms with E-state index in [1.54, 1.807) is 13.4 Å². The molecule has 4 heteroatoms. The summed E-state index contributed by atoms with van der Waals surface area (Å²) in [5, 5.41) is 0. The molecule has 0 N–H and O–H groups in total. The quantitative estimate of drug-likeness (QED) is 0.607. The lowest BCUT2D eigenvalue weighted by molar-refractivity contribution is 0.298. The van der Waals surface area contributed by atoms with Crippen molar-refractivity contribution in [2.45, 2.75) is 33.3 Å². The number of aromatic nitrogens is 1. The van der Waals surface area contributed by atoms with E-state index in [0.717, 1.165) is 28.3 Å². The zero-order valence-corrected chi connectivity index (χ0v) is 15.1. The van der Waals surface area contributed by atoms with Crippen LogP contribution in [0, 0.1) is 6.92 Å². The summed E-state index contributed by atoms with van der Waals surface area (Å²) in [6, 6.07) is 14.0. The molecule has 0 aliphatic carbocycles. The van der Waals surface area contributed by atoms with Crippen LogP contribution in [0.5, 0.6) is 11.5 Å². The molecule has 0 radical (unpaired) electrons. The van der Waals surface area contributed by atoms with Gasteiger partial charge in [-0.2, -0.15) is 0 Å². The number of hydrogen-bond donors (Lipinski definition) is 0. The third kappa shape index (κ3) is 4.02. The lowest BCUT2D eigenvalue weighted by Crippen LogP contribution is -1.99. The van der Waals surface area contributed by atoms with Gasteiger partial charge in [0.2, 0.25) is 5.89 Å². The summed E-state index contributed by atoms with van der Waals surface area (Å²) >= 11 is 0. The maximum atomic E-state index is 5.96. The Kier molecular flexibility index (Phi) is 5.08. The maximum Gasteiger partial charge on any atom is 0.226 e. The minimum absolute atomic E-state index is 0.377. The Morgan fingerprint density at radius 1 is 1.08 bits per heavy atom. The van der Waals surface area contributed by atoms with Crippen molar-refractivity contribution in [1.29, 1.82) is 0 Å². The van der Waals surface area contributed by atoms with Gasteiger partial charge in [-0.3, -0.25) is 0 Å². The first-order valence-electron chi connectivity index (χ1n) is 8.39. The van der Waals surface area contributed by atoms with Gasteiger partial charge in [0.05, 0.1) is 7.11 Å². The van der Waals surface area contributed by atoms with E-state index in [9.17, 15) is 0 Å². The minimum Gasteiger partial charge on any atom is -0.497 e. The zero-order chi connectivity index (χ0) is 17.8. The molecule has 1 heterocycles. The Morgan fingerprint density at radius 2 is 1.84 bits per heavy atom. The van der Waals surface area contributed by atoms with Crippen LogP contribution in [0.4, 0.5) is 0 Å². The number of benzene rings is 2. The molecule has 0 fully saturated rings. The van der Waals surface area contributed by atoms with Crippen molar-refractivity contribution in [2.75, 3.05) is 7.11 Å². The van der Waals surface area contributed by atoms with E-state index in [4.69, 9.17) is 13.9 Å². The smallest absolute Gasteiger partial charge is 0.226 e. The van der Waals surface area contributed by atoms with Gasteiger partial charge < -0.3 is 13.9 Å². The second-order valence-corrected chi connectivity index (χ2v) is 6.34. The molecule has 0 spiro atoms. The summed E-state index contributed by atoms with van der Waals surface area (Å²) in [4.78, 5) is 4.51. The van der Waals surface area contributed by atoms with Crippen molar-refractivity contribution in [3.63, 3.8) is 0 Å². The monoisotopic (exact) mass is 337 g/mol. The third-order valence-corrected chi connectivity index (χ3v) is 4.14. The average molecular weight is 337 g/mol. The summed E-state index contributed by atoms with van der Waals surface area (Å²) in [5.74, 6) is 2.74. The number of aryl methyl sites for hydroxylation is 1. The van der Waals surface area contributed by atoms with Crippen LogP contribution in [0.1, 0.15) is 36.6 Å². The first kappa shape index (κ1) is 17.1. The van der Waals surface area contributed by atoms with E-state index in [2.05, 4.69) is 37.0 Å². The van der Waals surface area contributed by atoms with Crippen LogP contribution in [0.25, 0.3) is 11.5 Å². The first-order chi connectivity index (χ1) is 12.1. The average Bonchev–Trinajstić information content (AvgIpc) is 3.10. The topological polar surface area (TPSA) is 44.5 Å². The Bertz CT molecular complexity index is 835. The van der Waals surface area contributed by atoms with Crippen LogP contribution in [0.3, 0.4) is 0 Å². The van der Waals surface area contributed by atoms with Gasteiger partial charge in [-0.25, -0.2) is 4.98 Å². The highest BCUT2D eigenvalue weighted by Crippen LogP contribution is 2.26. The van der Waals surface area contributed by atoms with Crippen LogP contribution in [0.15, 0.2) is 53.1 Å².